The van der Waals surface area contributed by atoms with Crippen LogP contribution < -0.4 is 10.6 Å². The summed E-state index contributed by atoms with van der Waals surface area (Å²) >= 11 is 0. The van der Waals surface area contributed by atoms with Crippen LogP contribution in [-0.4, -0.2) is 25.7 Å². The minimum Gasteiger partial charge on any atom is -0.315 e. The molecule has 1 saturated carbocycles. The van der Waals surface area contributed by atoms with E-state index < -0.39 is 0 Å². The fourth-order valence-corrected chi connectivity index (χ4v) is 1.86. The van der Waals surface area contributed by atoms with Gasteiger partial charge in [0, 0.05) is 12.6 Å². The van der Waals surface area contributed by atoms with Crippen molar-refractivity contribution in [3.8, 4) is 0 Å². The maximum Gasteiger partial charge on any atom is 0.0204 e. The molecule has 1 aliphatic heterocycles. The Morgan fingerprint density at radius 1 is 1.27 bits per heavy atom. The van der Waals surface area contributed by atoms with Crippen LogP contribution in [0.1, 0.15) is 25.7 Å². The van der Waals surface area contributed by atoms with Crippen molar-refractivity contribution in [2.24, 2.45) is 5.92 Å². The second-order valence-corrected chi connectivity index (χ2v) is 3.89. The van der Waals surface area contributed by atoms with E-state index in [1.807, 2.05) is 0 Å². The fraction of sp³-hybridized carbons (Fsp3) is 1.00. The predicted molar refractivity (Wildman–Crippen MR) is 46.6 cm³/mol. The minimum atomic E-state index is 0.774. The zero-order valence-corrected chi connectivity index (χ0v) is 7.10. The summed E-state index contributed by atoms with van der Waals surface area (Å²) in [5.41, 5.74) is 0. The molecule has 0 aromatic carbocycles. The van der Waals surface area contributed by atoms with Crippen molar-refractivity contribution in [3.05, 3.63) is 0 Å². The van der Waals surface area contributed by atoms with E-state index >= 15 is 0 Å². The van der Waals surface area contributed by atoms with E-state index in [0.29, 0.717) is 0 Å². The molecule has 0 aromatic heterocycles. The smallest absolute Gasteiger partial charge is 0.0204 e. The summed E-state index contributed by atoms with van der Waals surface area (Å²) in [6.45, 7) is 3.67. The van der Waals surface area contributed by atoms with Gasteiger partial charge in [-0.3, -0.25) is 0 Å². The molecule has 0 aromatic rings. The molecule has 2 rings (SSSR count). The summed E-state index contributed by atoms with van der Waals surface area (Å²) < 4.78 is 0. The van der Waals surface area contributed by atoms with Gasteiger partial charge in [-0.05, 0) is 38.3 Å². The largest absolute Gasteiger partial charge is 0.315 e. The highest BCUT2D eigenvalue weighted by atomic mass is 15.0. The van der Waals surface area contributed by atoms with Crippen molar-refractivity contribution < 1.29 is 0 Å². The molecule has 2 nitrogen and oxygen atoms in total. The summed E-state index contributed by atoms with van der Waals surface area (Å²) in [6, 6.07) is 0.774. The second-order valence-electron chi connectivity index (χ2n) is 3.89. The summed E-state index contributed by atoms with van der Waals surface area (Å²) in [6.07, 6.45) is 5.72. The van der Waals surface area contributed by atoms with E-state index in [4.69, 9.17) is 0 Å². The van der Waals surface area contributed by atoms with Crippen LogP contribution in [0.5, 0.6) is 0 Å². The Balaban J connectivity index is 1.57. The van der Waals surface area contributed by atoms with Crippen LogP contribution in [0.2, 0.25) is 0 Å². The maximum absolute atomic E-state index is 3.62. The lowest BCUT2D eigenvalue weighted by atomic mass is 9.85. The molecule has 0 amide bonds. The summed E-state index contributed by atoms with van der Waals surface area (Å²) in [5.74, 6) is 1.01. The third kappa shape index (κ3) is 1.94. The third-order valence-electron chi connectivity index (χ3n) is 2.98. The van der Waals surface area contributed by atoms with Crippen LogP contribution in [0.15, 0.2) is 0 Å². The zero-order chi connectivity index (χ0) is 7.52. The molecule has 1 saturated heterocycles. The average molecular weight is 154 g/mol. The topological polar surface area (TPSA) is 24.1 Å². The molecule has 1 heterocycles. The lowest BCUT2D eigenvalue weighted by molar-refractivity contribution is 0.291. The molecule has 2 N–H and O–H groups in total. The standard InChI is InChI=1S/C9H18N2/c1-2-8(3-1)6-11-9-4-5-10-7-9/h8-11H,1-7H2. The van der Waals surface area contributed by atoms with Gasteiger partial charge < -0.3 is 10.6 Å². The van der Waals surface area contributed by atoms with Gasteiger partial charge >= 0.3 is 0 Å². The second kappa shape index (κ2) is 3.55. The molecule has 2 heteroatoms. The highest BCUT2D eigenvalue weighted by Gasteiger charge is 2.19. The molecule has 0 radical (unpaired) electrons. The molecule has 2 aliphatic rings. The Morgan fingerprint density at radius 2 is 2.18 bits per heavy atom. The Labute approximate surface area is 68.7 Å². The lowest BCUT2D eigenvalue weighted by Gasteiger charge is -2.27. The van der Waals surface area contributed by atoms with Crippen molar-refractivity contribution in [2.75, 3.05) is 19.6 Å². The molecule has 2 fully saturated rings. The van der Waals surface area contributed by atoms with Gasteiger partial charge in [0.15, 0.2) is 0 Å². The van der Waals surface area contributed by atoms with Crippen LogP contribution in [0.25, 0.3) is 0 Å². The van der Waals surface area contributed by atoms with Crippen LogP contribution >= 0.6 is 0 Å². The van der Waals surface area contributed by atoms with Crippen LogP contribution in [-0.2, 0) is 0 Å². The number of rotatable bonds is 3. The van der Waals surface area contributed by atoms with E-state index in [9.17, 15) is 0 Å². The van der Waals surface area contributed by atoms with Crippen molar-refractivity contribution in [3.63, 3.8) is 0 Å². The third-order valence-corrected chi connectivity index (χ3v) is 2.98. The van der Waals surface area contributed by atoms with Crippen molar-refractivity contribution in [1.82, 2.24) is 10.6 Å². The van der Waals surface area contributed by atoms with E-state index in [-0.39, 0.29) is 0 Å². The highest BCUT2D eigenvalue weighted by Crippen LogP contribution is 2.25. The number of nitrogens with one attached hydrogen (secondary N) is 2. The first-order chi connectivity index (χ1) is 5.45. The van der Waals surface area contributed by atoms with Crippen LogP contribution in [0.3, 0.4) is 0 Å². The lowest BCUT2D eigenvalue weighted by Crippen LogP contribution is -2.36. The summed E-state index contributed by atoms with van der Waals surface area (Å²) in [7, 11) is 0. The Bertz CT molecular complexity index is 115. The number of hydrogen-bond donors (Lipinski definition) is 2. The van der Waals surface area contributed by atoms with Gasteiger partial charge in [-0.2, -0.15) is 0 Å². The zero-order valence-electron chi connectivity index (χ0n) is 7.10. The molecule has 64 valence electrons. The Hall–Kier alpha value is -0.0800. The first kappa shape index (κ1) is 7.56. The van der Waals surface area contributed by atoms with Gasteiger partial charge in [0.2, 0.25) is 0 Å². The molecule has 0 bridgehead atoms. The van der Waals surface area contributed by atoms with Crippen LogP contribution in [0.4, 0.5) is 0 Å². The maximum atomic E-state index is 3.62. The summed E-state index contributed by atoms with van der Waals surface area (Å²) in [4.78, 5) is 0. The van der Waals surface area contributed by atoms with Gasteiger partial charge in [-0.15, -0.1) is 0 Å². The van der Waals surface area contributed by atoms with Gasteiger partial charge in [-0.25, -0.2) is 0 Å². The Kier molecular flexibility index (Phi) is 2.44. The average Bonchev–Trinajstić information content (AvgIpc) is 2.36. The molecule has 0 spiro atoms. The SMILES string of the molecule is C1CC(CNC2CCNC2)C1. The van der Waals surface area contributed by atoms with E-state index in [2.05, 4.69) is 10.6 Å². The normalized spacial score (nSPS) is 32.2. The Morgan fingerprint density at radius 3 is 2.73 bits per heavy atom. The quantitative estimate of drug-likeness (QED) is 0.626. The van der Waals surface area contributed by atoms with Crippen LogP contribution in [0, 0.1) is 5.92 Å². The minimum absolute atomic E-state index is 0.774. The highest BCUT2D eigenvalue weighted by molar-refractivity contribution is 4.80. The van der Waals surface area contributed by atoms with E-state index in [1.54, 1.807) is 0 Å². The number of hydrogen-bond acceptors (Lipinski definition) is 2. The van der Waals surface area contributed by atoms with E-state index in [1.165, 1.54) is 45.3 Å². The predicted octanol–water partition coefficient (Wildman–Crippen LogP) is 0.738. The van der Waals surface area contributed by atoms with Gasteiger partial charge in [0.05, 0.1) is 0 Å². The molecular weight excluding hydrogens is 136 g/mol. The van der Waals surface area contributed by atoms with Gasteiger partial charge in [0.1, 0.15) is 0 Å². The first-order valence-corrected chi connectivity index (χ1v) is 4.89. The fourth-order valence-electron chi connectivity index (χ4n) is 1.86. The molecule has 1 aliphatic carbocycles. The summed E-state index contributed by atoms with van der Waals surface area (Å²) in [5, 5.41) is 6.99. The van der Waals surface area contributed by atoms with E-state index in [0.717, 1.165) is 12.0 Å². The molecule has 1 unspecified atom stereocenters. The monoisotopic (exact) mass is 154 g/mol. The van der Waals surface area contributed by atoms with Crippen molar-refractivity contribution in [2.45, 2.75) is 31.7 Å². The first-order valence-electron chi connectivity index (χ1n) is 4.89. The van der Waals surface area contributed by atoms with Crippen molar-refractivity contribution in [1.29, 1.82) is 0 Å². The molecule has 1 atom stereocenters. The molecule has 11 heavy (non-hydrogen) atoms. The molecular formula is C9H18N2. The van der Waals surface area contributed by atoms with Gasteiger partial charge in [-0.1, -0.05) is 6.42 Å². The van der Waals surface area contributed by atoms with Crippen molar-refractivity contribution >= 4 is 0 Å². The van der Waals surface area contributed by atoms with Gasteiger partial charge in [0.25, 0.3) is 0 Å².